The Bertz CT molecular complexity index is 407. The second-order valence-corrected chi connectivity index (χ2v) is 2.57. The number of carbonyl (C=O) groups is 1. The van der Waals surface area contributed by atoms with Crippen LogP contribution in [0, 0.1) is 11.8 Å². The molecule has 0 radical (unpaired) electrons. The Hall–Kier alpha value is -2.06. The predicted molar refractivity (Wildman–Crippen MR) is 56.3 cm³/mol. The lowest BCUT2D eigenvalue weighted by Gasteiger charge is -2.02. The van der Waals surface area contributed by atoms with E-state index in [2.05, 4.69) is 27.5 Å². The summed E-state index contributed by atoms with van der Waals surface area (Å²) in [6, 6.07) is 4.73. The van der Waals surface area contributed by atoms with E-state index in [9.17, 15) is 4.79 Å². The summed E-state index contributed by atoms with van der Waals surface area (Å²) in [7, 11) is 1.52. The molecular formula is C10H11N3O2. The number of rotatable bonds is 1. The van der Waals surface area contributed by atoms with Crippen LogP contribution in [0.2, 0.25) is 0 Å². The van der Waals surface area contributed by atoms with E-state index in [0.29, 0.717) is 11.5 Å². The van der Waals surface area contributed by atoms with Crippen molar-refractivity contribution >= 4 is 11.8 Å². The van der Waals surface area contributed by atoms with E-state index < -0.39 is 0 Å². The van der Waals surface area contributed by atoms with E-state index in [4.69, 9.17) is 5.11 Å². The van der Waals surface area contributed by atoms with Crippen LogP contribution in [-0.2, 0) is 0 Å². The standard InChI is InChI=1S/C10H11N3O2/c1-11-10(15)13-9-6-2-4-8(12-9)5-3-7-14/h2,4,6,14H,7H2,1H3,(H2,11,12,13,15). The van der Waals surface area contributed by atoms with Gasteiger partial charge in [-0.25, -0.2) is 9.78 Å². The quantitative estimate of drug-likeness (QED) is 0.572. The van der Waals surface area contributed by atoms with Crippen molar-refractivity contribution in [1.29, 1.82) is 0 Å². The largest absolute Gasteiger partial charge is 0.384 e. The van der Waals surface area contributed by atoms with Crippen molar-refractivity contribution in [2.45, 2.75) is 0 Å². The second-order valence-electron chi connectivity index (χ2n) is 2.57. The van der Waals surface area contributed by atoms with Crippen molar-refractivity contribution < 1.29 is 9.90 Å². The third kappa shape index (κ3) is 3.67. The van der Waals surface area contributed by atoms with E-state index in [1.54, 1.807) is 18.2 Å². The van der Waals surface area contributed by atoms with Gasteiger partial charge in [-0.05, 0) is 18.1 Å². The Morgan fingerprint density at radius 3 is 3.07 bits per heavy atom. The van der Waals surface area contributed by atoms with Gasteiger partial charge >= 0.3 is 6.03 Å². The fourth-order valence-electron chi connectivity index (χ4n) is 0.883. The van der Waals surface area contributed by atoms with E-state index in [0.717, 1.165) is 0 Å². The summed E-state index contributed by atoms with van der Waals surface area (Å²) in [5, 5.41) is 13.4. The first-order valence-corrected chi connectivity index (χ1v) is 4.32. The highest BCUT2D eigenvalue weighted by Gasteiger charge is 1.99. The van der Waals surface area contributed by atoms with Gasteiger partial charge in [0.25, 0.3) is 0 Å². The molecule has 0 saturated carbocycles. The van der Waals surface area contributed by atoms with Gasteiger partial charge in [0.15, 0.2) is 0 Å². The Kier molecular flexibility index (Phi) is 4.13. The smallest absolute Gasteiger partial charge is 0.320 e. The minimum Gasteiger partial charge on any atom is -0.384 e. The fourth-order valence-corrected chi connectivity index (χ4v) is 0.883. The fraction of sp³-hybridized carbons (Fsp3) is 0.200. The monoisotopic (exact) mass is 205 g/mol. The van der Waals surface area contributed by atoms with Gasteiger partial charge < -0.3 is 10.4 Å². The molecule has 0 saturated heterocycles. The molecule has 0 aliphatic rings. The van der Waals surface area contributed by atoms with Crippen LogP contribution >= 0.6 is 0 Å². The molecule has 0 unspecified atom stereocenters. The molecule has 0 aliphatic heterocycles. The van der Waals surface area contributed by atoms with Crippen LogP contribution in [0.3, 0.4) is 0 Å². The van der Waals surface area contributed by atoms with Crippen molar-refractivity contribution in [3.05, 3.63) is 23.9 Å². The van der Waals surface area contributed by atoms with Gasteiger partial charge in [0.1, 0.15) is 18.1 Å². The summed E-state index contributed by atoms with van der Waals surface area (Å²) in [5.41, 5.74) is 0.498. The zero-order valence-electron chi connectivity index (χ0n) is 8.24. The maximum Gasteiger partial charge on any atom is 0.320 e. The second kappa shape index (κ2) is 5.62. The maximum absolute atomic E-state index is 11.0. The van der Waals surface area contributed by atoms with Crippen molar-refractivity contribution in [3.8, 4) is 11.8 Å². The van der Waals surface area contributed by atoms with Crippen molar-refractivity contribution in [3.63, 3.8) is 0 Å². The van der Waals surface area contributed by atoms with Crippen LogP contribution in [0.15, 0.2) is 18.2 Å². The third-order valence-corrected chi connectivity index (χ3v) is 1.51. The minimum absolute atomic E-state index is 0.214. The molecule has 0 aromatic carbocycles. The summed E-state index contributed by atoms with van der Waals surface area (Å²) >= 11 is 0. The predicted octanol–water partition coefficient (Wildman–Crippen LogP) is 0.177. The number of hydrogen-bond acceptors (Lipinski definition) is 3. The normalized spacial score (nSPS) is 8.67. The molecule has 1 rings (SSSR count). The zero-order chi connectivity index (χ0) is 11.1. The Labute approximate surface area is 87.5 Å². The van der Waals surface area contributed by atoms with Gasteiger partial charge in [-0.3, -0.25) is 5.32 Å². The first kappa shape index (κ1) is 11.0. The first-order valence-electron chi connectivity index (χ1n) is 4.32. The lowest BCUT2D eigenvalue weighted by atomic mass is 10.3. The highest BCUT2D eigenvalue weighted by atomic mass is 16.2. The molecule has 0 aliphatic carbocycles. The van der Waals surface area contributed by atoms with E-state index in [-0.39, 0.29) is 12.6 Å². The molecule has 3 N–H and O–H groups in total. The number of aliphatic hydroxyl groups excluding tert-OH is 1. The van der Waals surface area contributed by atoms with Crippen LogP contribution in [0.25, 0.3) is 0 Å². The molecule has 15 heavy (non-hydrogen) atoms. The molecule has 5 heteroatoms. The van der Waals surface area contributed by atoms with Crippen LogP contribution in [0.4, 0.5) is 10.6 Å². The molecule has 2 amide bonds. The Balaban J connectivity index is 2.78. The van der Waals surface area contributed by atoms with Crippen LogP contribution in [-0.4, -0.2) is 29.8 Å². The van der Waals surface area contributed by atoms with Gasteiger partial charge in [-0.1, -0.05) is 12.0 Å². The SMILES string of the molecule is CNC(=O)Nc1cccc(C#CCO)n1. The number of aromatic nitrogens is 1. The lowest BCUT2D eigenvalue weighted by molar-refractivity contribution is 0.254. The van der Waals surface area contributed by atoms with E-state index >= 15 is 0 Å². The number of aliphatic hydroxyl groups is 1. The van der Waals surface area contributed by atoms with Crippen molar-refractivity contribution in [2.24, 2.45) is 0 Å². The topological polar surface area (TPSA) is 74.2 Å². The number of amides is 2. The summed E-state index contributed by atoms with van der Waals surface area (Å²) in [6.45, 7) is -0.214. The molecule has 0 spiro atoms. The van der Waals surface area contributed by atoms with Crippen LogP contribution in [0.5, 0.6) is 0 Å². The Morgan fingerprint density at radius 1 is 1.60 bits per heavy atom. The zero-order valence-corrected chi connectivity index (χ0v) is 8.24. The van der Waals surface area contributed by atoms with Crippen molar-refractivity contribution in [2.75, 3.05) is 19.0 Å². The molecule has 0 bridgehead atoms. The van der Waals surface area contributed by atoms with Gasteiger partial charge in [0.05, 0.1) is 0 Å². The average Bonchev–Trinajstić information content (AvgIpc) is 2.26. The maximum atomic E-state index is 11.0. The van der Waals surface area contributed by atoms with Crippen LogP contribution in [0.1, 0.15) is 5.69 Å². The van der Waals surface area contributed by atoms with Gasteiger partial charge in [-0.2, -0.15) is 0 Å². The number of hydrogen-bond donors (Lipinski definition) is 3. The molecule has 0 atom stereocenters. The first-order chi connectivity index (χ1) is 7.26. The number of nitrogens with one attached hydrogen (secondary N) is 2. The lowest BCUT2D eigenvalue weighted by Crippen LogP contribution is -2.24. The number of nitrogens with zero attached hydrogens (tertiary/aromatic N) is 1. The molecule has 1 aromatic rings. The van der Waals surface area contributed by atoms with Crippen LogP contribution < -0.4 is 10.6 Å². The summed E-state index contributed by atoms with van der Waals surface area (Å²) in [6.07, 6.45) is 0. The number of anilines is 1. The summed E-state index contributed by atoms with van der Waals surface area (Å²) < 4.78 is 0. The molecular weight excluding hydrogens is 194 g/mol. The highest BCUT2D eigenvalue weighted by molar-refractivity contribution is 5.87. The molecule has 78 valence electrons. The van der Waals surface area contributed by atoms with Gasteiger partial charge in [0, 0.05) is 7.05 Å². The molecule has 5 nitrogen and oxygen atoms in total. The molecule has 1 aromatic heterocycles. The third-order valence-electron chi connectivity index (χ3n) is 1.51. The number of urea groups is 1. The highest BCUT2D eigenvalue weighted by Crippen LogP contribution is 2.03. The molecule has 0 fully saturated rings. The summed E-state index contributed by atoms with van der Waals surface area (Å²) in [5.74, 6) is 5.53. The number of pyridine rings is 1. The minimum atomic E-state index is -0.338. The van der Waals surface area contributed by atoms with Gasteiger partial charge in [0.2, 0.25) is 0 Å². The van der Waals surface area contributed by atoms with Gasteiger partial charge in [-0.15, -0.1) is 0 Å². The Morgan fingerprint density at radius 2 is 2.40 bits per heavy atom. The average molecular weight is 205 g/mol. The van der Waals surface area contributed by atoms with E-state index in [1.165, 1.54) is 7.05 Å². The summed E-state index contributed by atoms with van der Waals surface area (Å²) in [4.78, 5) is 15.0. The number of carbonyl (C=O) groups excluding carboxylic acids is 1. The van der Waals surface area contributed by atoms with Crippen molar-refractivity contribution in [1.82, 2.24) is 10.3 Å². The molecule has 1 heterocycles. The van der Waals surface area contributed by atoms with E-state index in [1.807, 2.05) is 0 Å².